The van der Waals surface area contributed by atoms with E-state index in [4.69, 9.17) is 0 Å². The van der Waals surface area contributed by atoms with Gasteiger partial charge in [0.15, 0.2) is 16.7 Å². The van der Waals surface area contributed by atoms with Crippen molar-refractivity contribution in [2.75, 3.05) is 11.6 Å². The van der Waals surface area contributed by atoms with Gasteiger partial charge >= 0.3 is 0 Å². The third kappa shape index (κ3) is 3.88. The molecule has 2 aromatic rings. The van der Waals surface area contributed by atoms with Gasteiger partial charge in [0.1, 0.15) is 5.82 Å². The minimum atomic E-state index is -0.0892. The second-order valence-corrected chi connectivity index (χ2v) is 5.24. The Bertz CT molecular complexity index is 669. The standard InChI is InChI=1S/C15H15N3O2S/c1-9(19)11-6-12(10(2)20)8-13(7-11)17-14-4-5-16-15(18-14)21-3/h4-8H,1-3H3,(H,16,17,18). The summed E-state index contributed by atoms with van der Waals surface area (Å²) in [6.45, 7) is 2.94. The number of hydrogen-bond acceptors (Lipinski definition) is 6. The van der Waals surface area contributed by atoms with Crippen LogP contribution >= 0.6 is 11.8 Å². The maximum atomic E-state index is 11.6. The molecule has 6 heteroatoms. The molecule has 1 aromatic heterocycles. The first-order chi connectivity index (χ1) is 9.99. The second kappa shape index (κ2) is 6.49. The van der Waals surface area contributed by atoms with Gasteiger partial charge < -0.3 is 5.32 Å². The van der Waals surface area contributed by atoms with Crippen molar-refractivity contribution < 1.29 is 9.59 Å². The molecule has 0 unspecified atom stereocenters. The van der Waals surface area contributed by atoms with E-state index >= 15 is 0 Å². The van der Waals surface area contributed by atoms with E-state index in [1.54, 1.807) is 30.5 Å². The van der Waals surface area contributed by atoms with Crippen LogP contribution in [0.15, 0.2) is 35.6 Å². The third-order valence-corrected chi connectivity index (χ3v) is 3.40. The Labute approximate surface area is 127 Å². The summed E-state index contributed by atoms with van der Waals surface area (Å²) in [6, 6.07) is 6.74. The van der Waals surface area contributed by atoms with Crippen molar-refractivity contribution in [1.29, 1.82) is 0 Å². The topological polar surface area (TPSA) is 72.0 Å². The normalized spacial score (nSPS) is 10.2. The van der Waals surface area contributed by atoms with Gasteiger partial charge in [-0.3, -0.25) is 9.59 Å². The molecule has 1 N–H and O–H groups in total. The van der Waals surface area contributed by atoms with Gasteiger partial charge in [-0.25, -0.2) is 9.97 Å². The summed E-state index contributed by atoms with van der Waals surface area (Å²) in [7, 11) is 0. The van der Waals surface area contributed by atoms with Gasteiger partial charge in [0, 0.05) is 23.0 Å². The Kier molecular flexibility index (Phi) is 4.70. The number of hydrogen-bond donors (Lipinski definition) is 1. The molecule has 0 aliphatic heterocycles. The summed E-state index contributed by atoms with van der Waals surface area (Å²) in [6.07, 6.45) is 3.55. The number of anilines is 2. The number of carbonyl (C=O) groups excluding carboxylic acids is 2. The number of ketones is 2. The van der Waals surface area contributed by atoms with Crippen LogP contribution in [0.3, 0.4) is 0 Å². The first kappa shape index (κ1) is 15.2. The quantitative estimate of drug-likeness (QED) is 0.519. The molecule has 1 aromatic carbocycles. The Morgan fingerprint density at radius 2 is 1.71 bits per heavy atom. The lowest BCUT2D eigenvalue weighted by Crippen LogP contribution is -2.02. The zero-order valence-electron chi connectivity index (χ0n) is 12.0. The van der Waals surface area contributed by atoms with Crippen LogP contribution < -0.4 is 5.32 Å². The molecule has 1 heterocycles. The summed E-state index contributed by atoms with van der Waals surface area (Å²) >= 11 is 1.44. The minimum Gasteiger partial charge on any atom is -0.340 e. The van der Waals surface area contributed by atoms with Crippen molar-refractivity contribution in [3.05, 3.63) is 41.6 Å². The molecule has 0 saturated carbocycles. The SMILES string of the molecule is CSc1nccc(Nc2cc(C(C)=O)cc(C(C)=O)c2)n1. The number of Topliss-reactive ketones (excluding diaryl/α,β-unsaturated/α-hetero) is 2. The summed E-state index contributed by atoms with van der Waals surface area (Å²) in [5.41, 5.74) is 1.63. The van der Waals surface area contributed by atoms with Crippen molar-refractivity contribution in [1.82, 2.24) is 9.97 Å². The van der Waals surface area contributed by atoms with Gasteiger partial charge in [-0.15, -0.1) is 0 Å². The molecule has 0 aliphatic carbocycles. The highest BCUT2D eigenvalue weighted by atomic mass is 32.2. The number of thioether (sulfide) groups is 1. The van der Waals surface area contributed by atoms with Gasteiger partial charge in [0.25, 0.3) is 0 Å². The monoisotopic (exact) mass is 301 g/mol. The van der Waals surface area contributed by atoms with Crippen molar-refractivity contribution in [2.45, 2.75) is 19.0 Å². The van der Waals surface area contributed by atoms with Crippen LogP contribution in [-0.4, -0.2) is 27.8 Å². The highest BCUT2D eigenvalue weighted by Crippen LogP contribution is 2.21. The van der Waals surface area contributed by atoms with Crippen molar-refractivity contribution in [3.8, 4) is 0 Å². The first-order valence-corrected chi connectivity index (χ1v) is 7.53. The molecule has 0 atom stereocenters. The Balaban J connectivity index is 2.38. The van der Waals surface area contributed by atoms with Gasteiger partial charge in [0.05, 0.1) is 0 Å². The van der Waals surface area contributed by atoms with Gasteiger partial charge in [-0.05, 0) is 44.4 Å². The highest BCUT2D eigenvalue weighted by Gasteiger charge is 2.08. The van der Waals surface area contributed by atoms with Crippen LogP contribution in [0.1, 0.15) is 34.6 Å². The fourth-order valence-corrected chi connectivity index (χ4v) is 2.12. The van der Waals surface area contributed by atoms with Crippen LogP contribution in [0.2, 0.25) is 0 Å². The number of nitrogens with one attached hydrogen (secondary N) is 1. The molecule has 0 radical (unpaired) electrons. The van der Waals surface area contributed by atoms with Crippen LogP contribution in [0.5, 0.6) is 0 Å². The predicted molar refractivity (Wildman–Crippen MR) is 83.5 cm³/mol. The molecule has 21 heavy (non-hydrogen) atoms. The molecule has 2 rings (SSSR count). The fourth-order valence-electron chi connectivity index (χ4n) is 1.76. The van der Waals surface area contributed by atoms with Crippen LogP contribution in [-0.2, 0) is 0 Å². The zero-order valence-corrected chi connectivity index (χ0v) is 12.8. The molecule has 0 fully saturated rings. The number of rotatable bonds is 5. The maximum Gasteiger partial charge on any atom is 0.189 e. The van der Waals surface area contributed by atoms with Gasteiger partial charge in [-0.1, -0.05) is 11.8 Å². The number of benzene rings is 1. The molecule has 108 valence electrons. The molecule has 0 aliphatic rings. The fraction of sp³-hybridized carbons (Fsp3) is 0.200. The van der Waals surface area contributed by atoms with E-state index in [2.05, 4.69) is 15.3 Å². The largest absolute Gasteiger partial charge is 0.340 e. The molecule has 0 bridgehead atoms. The smallest absolute Gasteiger partial charge is 0.189 e. The van der Waals surface area contributed by atoms with E-state index in [1.165, 1.54) is 25.6 Å². The van der Waals surface area contributed by atoms with Crippen LogP contribution in [0, 0.1) is 0 Å². The second-order valence-electron chi connectivity index (χ2n) is 4.46. The Morgan fingerprint density at radius 3 is 2.24 bits per heavy atom. The molecule has 0 amide bonds. The lowest BCUT2D eigenvalue weighted by molar-refractivity contribution is 0.101. The van der Waals surface area contributed by atoms with Gasteiger partial charge in [0.2, 0.25) is 0 Å². The Hall–Kier alpha value is -2.21. The number of aromatic nitrogens is 2. The lowest BCUT2D eigenvalue weighted by Gasteiger charge is -2.09. The van der Waals surface area contributed by atoms with Crippen molar-refractivity contribution in [3.63, 3.8) is 0 Å². The molecule has 5 nitrogen and oxygen atoms in total. The van der Waals surface area contributed by atoms with E-state index in [0.29, 0.717) is 27.8 Å². The summed E-state index contributed by atoms with van der Waals surface area (Å²) in [5.74, 6) is 0.437. The average Bonchev–Trinajstić information content (AvgIpc) is 2.47. The highest BCUT2D eigenvalue weighted by molar-refractivity contribution is 7.98. The Morgan fingerprint density at radius 1 is 1.10 bits per heavy atom. The van der Waals surface area contributed by atoms with E-state index in [9.17, 15) is 9.59 Å². The van der Waals surface area contributed by atoms with Crippen molar-refractivity contribution in [2.24, 2.45) is 0 Å². The lowest BCUT2D eigenvalue weighted by atomic mass is 10.0. The summed E-state index contributed by atoms with van der Waals surface area (Å²) < 4.78 is 0. The van der Waals surface area contributed by atoms with E-state index in [-0.39, 0.29) is 11.6 Å². The van der Waals surface area contributed by atoms with Crippen LogP contribution in [0.4, 0.5) is 11.5 Å². The number of carbonyl (C=O) groups is 2. The van der Waals surface area contributed by atoms with Crippen molar-refractivity contribution >= 4 is 34.8 Å². The molecular formula is C15H15N3O2S. The predicted octanol–water partition coefficient (Wildman–Crippen LogP) is 3.35. The summed E-state index contributed by atoms with van der Waals surface area (Å²) in [5, 5.41) is 3.75. The first-order valence-electron chi connectivity index (χ1n) is 6.30. The third-order valence-electron chi connectivity index (χ3n) is 2.83. The van der Waals surface area contributed by atoms with Gasteiger partial charge in [-0.2, -0.15) is 0 Å². The minimum absolute atomic E-state index is 0.0892. The van der Waals surface area contributed by atoms with E-state index in [0.717, 1.165) is 0 Å². The maximum absolute atomic E-state index is 11.6. The van der Waals surface area contributed by atoms with Crippen LogP contribution in [0.25, 0.3) is 0 Å². The summed E-state index contributed by atoms with van der Waals surface area (Å²) in [4.78, 5) is 31.5. The average molecular weight is 301 g/mol. The zero-order chi connectivity index (χ0) is 15.4. The molecule has 0 saturated heterocycles. The molecule has 0 spiro atoms. The molecular weight excluding hydrogens is 286 g/mol. The van der Waals surface area contributed by atoms with E-state index in [1.807, 2.05) is 6.26 Å². The van der Waals surface area contributed by atoms with E-state index < -0.39 is 0 Å². The number of nitrogens with zero attached hydrogens (tertiary/aromatic N) is 2.